The number of fused-ring (bicyclic) bond motifs is 4. The third kappa shape index (κ3) is 3.06. The highest BCUT2D eigenvalue weighted by molar-refractivity contribution is 5.88. The Kier molecular flexibility index (Phi) is 4.50. The van der Waals surface area contributed by atoms with Crippen LogP contribution in [0.1, 0.15) is 42.4 Å². The van der Waals surface area contributed by atoms with E-state index in [0.717, 1.165) is 48.9 Å². The van der Waals surface area contributed by atoms with Gasteiger partial charge in [0, 0.05) is 36.1 Å². The Morgan fingerprint density at radius 3 is 2.84 bits per heavy atom. The van der Waals surface area contributed by atoms with Crippen molar-refractivity contribution < 1.29 is 9.21 Å². The molecule has 0 spiro atoms. The number of likely N-dealkylation sites (tertiary alicyclic amines) is 1. The van der Waals surface area contributed by atoms with Crippen LogP contribution in [0.2, 0.25) is 0 Å². The van der Waals surface area contributed by atoms with E-state index in [4.69, 9.17) is 4.42 Å². The summed E-state index contributed by atoms with van der Waals surface area (Å²) >= 11 is 0. The second kappa shape index (κ2) is 6.65. The summed E-state index contributed by atoms with van der Waals surface area (Å²) in [6.07, 6.45) is 9.36. The molecule has 2 bridgehead atoms. The van der Waals surface area contributed by atoms with E-state index in [2.05, 4.69) is 22.3 Å². The first-order valence-electron chi connectivity index (χ1n) is 9.32. The highest BCUT2D eigenvalue weighted by atomic mass is 35.5. The van der Waals surface area contributed by atoms with Gasteiger partial charge in [-0.25, -0.2) is 0 Å². The Labute approximate surface area is 154 Å². The smallest absolute Gasteiger partial charge is 0.227 e. The fourth-order valence-corrected chi connectivity index (χ4v) is 4.73. The van der Waals surface area contributed by atoms with E-state index in [-0.39, 0.29) is 18.3 Å². The number of nitrogens with one attached hydrogen (secondary N) is 1. The molecule has 0 radical (unpaired) electrons. The summed E-state index contributed by atoms with van der Waals surface area (Å²) in [5.74, 6) is 0.243. The van der Waals surface area contributed by atoms with Gasteiger partial charge in [-0.05, 0) is 61.8 Å². The lowest BCUT2D eigenvalue weighted by molar-refractivity contribution is -0.130. The molecule has 5 rings (SSSR count). The summed E-state index contributed by atoms with van der Waals surface area (Å²) in [6, 6.07) is 5.55. The van der Waals surface area contributed by atoms with Crippen LogP contribution >= 0.6 is 12.4 Å². The third-order valence-corrected chi connectivity index (χ3v) is 6.09. The Balaban J connectivity index is 0.00000157. The molecule has 1 aromatic heterocycles. The van der Waals surface area contributed by atoms with Gasteiger partial charge in [-0.1, -0.05) is 0 Å². The van der Waals surface area contributed by atoms with Crippen molar-refractivity contribution in [3.05, 3.63) is 35.1 Å². The highest BCUT2D eigenvalue weighted by Crippen LogP contribution is 2.31. The summed E-state index contributed by atoms with van der Waals surface area (Å²) in [5, 5.41) is 4.78. The maximum atomic E-state index is 12.8. The first-order valence-corrected chi connectivity index (χ1v) is 9.32. The highest BCUT2D eigenvalue weighted by Gasteiger charge is 2.31. The number of amides is 1. The van der Waals surface area contributed by atoms with Crippen LogP contribution in [0.3, 0.4) is 0 Å². The predicted octanol–water partition coefficient (Wildman–Crippen LogP) is 3.24. The Hall–Kier alpha value is -1.52. The number of halogens is 1. The molecule has 1 aromatic carbocycles. The first-order chi connectivity index (χ1) is 11.8. The molecule has 25 heavy (non-hydrogen) atoms. The number of benzene rings is 1. The van der Waals surface area contributed by atoms with Crippen LogP contribution in [-0.2, 0) is 24.1 Å². The van der Waals surface area contributed by atoms with Gasteiger partial charge < -0.3 is 14.6 Å². The molecule has 2 unspecified atom stereocenters. The molecule has 2 aromatic rings. The Morgan fingerprint density at radius 2 is 1.96 bits per heavy atom. The van der Waals surface area contributed by atoms with Gasteiger partial charge in [-0.3, -0.25) is 4.79 Å². The van der Waals surface area contributed by atoms with Crippen molar-refractivity contribution in [3.63, 3.8) is 0 Å². The van der Waals surface area contributed by atoms with E-state index in [1.807, 2.05) is 0 Å². The van der Waals surface area contributed by atoms with E-state index in [1.54, 1.807) is 6.26 Å². The van der Waals surface area contributed by atoms with Crippen molar-refractivity contribution in [2.24, 2.45) is 0 Å². The maximum Gasteiger partial charge on any atom is 0.227 e. The molecule has 1 amide bonds. The van der Waals surface area contributed by atoms with Gasteiger partial charge >= 0.3 is 0 Å². The summed E-state index contributed by atoms with van der Waals surface area (Å²) in [4.78, 5) is 14.9. The summed E-state index contributed by atoms with van der Waals surface area (Å²) in [5.41, 5.74) is 4.85. The van der Waals surface area contributed by atoms with Crippen LogP contribution in [0.15, 0.2) is 22.8 Å². The molecular weight excluding hydrogens is 336 g/mol. The molecular formula is C20H25ClN2O2. The number of carbonyl (C=O) groups is 1. The SMILES string of the molecule is Cl.O=C(Cc1coc2cc3c(cc12)CCC3)N1CCC2CCC(C1)N2. The minimum absolute atomic E-state index is 0. The fraction of sp³-hybridized carbons (Fsp3) is 0.550. The molecule has 2 atom stereocenters. The van der Waals surface area contributed by atoms with Gasteiger partial charge in [0.1, 0.15) is 5.58 Å². The van der Waals surface area contributed by atoms with Gasteiger partial charge in [-0.2, -0.15) is 0 Å². The van der Waals surface area contributed by atoms with Gasteiger partial charge in [-0.15, -0.1) is 12.4 Å². The largest absolute Gasteiger partial charge is 0.464 e. The number of furan rings is 1. The number of aryl methyl sites for hydroxylation is 2. The van der Waals surface area contributed by atoms with Crippen LogP contribution in [0.4, 0.5) is 0 Å². The zero-order valence-corrected chi connectivity index (χ0v) is 15.2. The van der Waals surface area contributed by atoms with Gasteiger partial charge in [0.15, 0.2) is 0 Å². The van der Waals surface area contributed by atoms with Gasteiger partial charge in [0.05, 0.1) is 12.7 Å². The van der Waals surface area contributed by atoms with Crippen LogP contribution in [0.5, 0.6) is 0 Å². The number of hydrogen-bond donors (Lipinski definition) is 1. The van der Waals surface area contributed by atoms with Gasteiger partial charge in [0.25, 0.3) is 0 Å². The molecule has 0 saturated carbocycles. The summed E-state index contributed by atoms with van der Waals surface area (Å²) in [6.45, 7) is 1.75. The zero-order chi connectivity index (χ0) is 16.1. The van der Waals surface area contributed by atoms with Crippen molar-refractivity contribution in [1.29, 1.82) is 0 Å². The van der Waals surface area contributed by atoms with E-state index in [1.165, 1.54) is 30.4 Å². The average molecular weight is 361 g/mol. The maximum absolute atomic E-state index is 12.8. The van der Waals surface area contributed by atoms with Crippen LogP contribution in [0, 0.1) is 0 Å². The quantitative estimate of drug-likeness (QED) is 0.894. The lowest BCUT2D eigenvalue weighted by Crippen LogP contribution is -2.39. The van der Waals surface area contributed by atoms with Crippen molar-refractivity contribution in [1.82, 2.24) is 10.2 Å². The summed E-state index contributed by atoms with van der Waals surface area (Å²) in [7, 11) is 0. The van der Waals surface area contributed by atoms with E-state index in [9.17, 15) is 4.79 Å². The standard InChI is InChI=1S/C20H24N2O2.ClH/c23-20(22-7-6-16-4-5-17(11-22)21-16)10-15-12-24-19-9-14-3-1-2-13(14)8-18(15)19;/h8-9,12,16-17,21H,1-7,10-11H2;1H. The predicted molar refractivity (Wildman–Crippen MR) is 100 cm³/mol. The molecule has 2 aliphatic heterocycles. The number of rotatable bonds is 2. The van der Waals surface area contributed by atoms with Gasteiger partial charge in [0.2, 0.25) is 5.91 Å². The van der Waals surface area contributed by atoms with Crippen molar-refractivity contribution in [3.8, 4) is 0 Å². The number of nitrogens with zero attached hydrogens (tertiary/aromatic N) is 1. The molecule has 134 valence electrons. The Bertz CT molecular complexity index is 800. The van der Waals surface area contributed by atoms with E-state index in [0.29, 0.717) is 18.5 Å². The lowest BCUT2D eigenvalue weighted by atomic mass is 10.0. The van der Waals surface area contributed by atoms with Crippen molar-refractivity contribution >= 4 is 29.3 Å². The van der Waals surface area contributed by atoms with Crippen molar-refractivity contribution in [2.45, 2.75) is 57.0 Å². The third-order valence-electron chi connectivity index (χ3n) is 6.09. The normalized spacial score (nSPS) is 24.9. The lowest BCUT2D eigenvalue weighted by Gasteiger charge is -2.24. The second-order valence-corrected chi connectivity index (χ2v) is 7.67. The topological polar surface area (TPSA) is 45.5 Å². The zero-order valence-electron chi connectivity index (χ0n) is 14.4. The van der Waals surface area contributed by atoms with Crippen LogP contribution < -0.4 is 5.32 Å². The first kappa shape index (κ1) is 16.9. The molecule has 4 nitrogen and oxygen atoms in total. The molecule has 5 heteroatoms. The minimum atomic E-state index is 0. The van der Waals surface area contributed by atoms with Crippen LogP contribution in [0.25, 0.3) is 11.0 Å². The molecule has 3 aliphatic rings. The molecule has 1 N–H and O–H groups in total. The number of carbonyl (C=O) groups excluding carboxylic acids is 1. The van der Waals surface area contributed by atoms with Crippen molar-refractivity contribution in [2.75, 3.05) is 13.1 Å². The fourth-order valence-electron chi connectivity index (χ4n) is 4.73. The summed E-state index contributed by atoms with van der Waals surface area (Å²) < 4.78 is 5.75. The van der Waals surface area contributed by atoms with E-state index >= 15 is 0 Å². The Morgan fingerprint density at radius 1 is 1.16 bits per heavy atom. The number of hydrogen-bond acceptors (Lipinski definition) is 3. The monoisotopic (exact) mass is 360 g/mol. The molecule has 1 aliphatic carbocycles. The average Bonchev–Trinajstić information content (AvgIpc) is 3.25. The minimum Gasteiger partial charge on any atom is -0.464 e. The second-order valence-electron chi connectivity index (χ2n) is 7.67. The van der Waals surface area contributed by atoms with Crippen LogP contribution in [-0.4, -0.2) is 36.0 Å². The molecule has 2 fully saturated rings. The van der Waals surface area contributed by atoms with E-state index < -0.39 is 0 Å². The molecule has 3 heterocycles. The molecule has 2 saturated heterocycles.